The summed E-state index contributed by atoms with van der Waals surface area (Å²) >= 11 is 0. The van der Waals surface area contributed by atoms with E-state index in [1.165, 1.54) is 7.11 Å². The lowest BCUT2D eigenvalue weighted by molar-refractivity contribution is -0.137. The number of rotatable bonds is 5. The van der Waals surface area contributed by atoms with E-state index in [0.717, 1.165) is 5.56 Å². The smallest absolute Gasteiger partial charge is 0.322 e. The van der Waals surface area contributed by atoms with Crippen molar-refractivity contribution in [3.63, 3.8) is 0 Å². The van der Waals surface area contributed by atoms with Gasteiger partial charge >= 0.3 is 5.97 Å². The summed E-state index contributed by atoms with van der Waals surface area (Å²) < 4.78 is 16.7. The van der Waals surface area contributed by atoms with Crippen molar-refractivity contribution in [1.82, 2.24) is 0 Å². The van der Waals surface area contributed by atoms with E-state index in [9.17, 15) is 9.00 Å². The highest BCUT2D eigenvalue weighted by atomic mass is 32.2. The van der Waals surface area contributed by atoms with Gasteiger partial charge < -0.3 is 9.84 Å². The second-order valence-corrected chi connectivity index (χ2v) is 5.03. The van der Waals surface area contributed by atoms with E-state index in [0.29, 0.717) is 4.90 Å². The zero-order valence-electron chi connectivity index (χ0n) is 9.17. The number of carboxylic acids is 1. The minimum atomic E-state index is -1.59. The Morgan fingerprint density at radius 3 is 2.75 bits per heavy atom. The second-order valence-electron chi connectivity index (χ2n) is 3.40. The van der Waals surface area contributed by atoms with Crippen LogP contribution in [0.25, 0.3) is 0 Å². The molecule has 0 aliphatic heterocycles. The van der Waals surface area contributed by atoms with Crippen LogP contribution in [0.4, 0.5) is 0 Å². The first-order valence-electron chi connectivity index (χ1n) is 4.75. The molecule has 0 saturated heterocycles. The molecular formula is C11H14O4S. The predicted octanol–water partition coefficient (Wildman–Crippen LogP) is 1.20. The number of carbonyl (C=O) groups is 1. The largest absolute Gasteiger partial charge is 0.480 e. The van der Waals surface area contributed by atoms with Crippen molar-refractivity contribution in [2.45, 2.75) is 17.1 Å². The van der Waals surface area contributed by atoms with Crippen molar-refractivity contribution in [2.75, 3.05) is 13.7 Å². The van der Waals surface area contributed by atoms with Crippen LogP contribution in [0.2, 0.25) is 0 Å². The maximum absolute atomic E-state index is 12.0. The molecule has 1 N–H and O–H groups in total. The molecule has 1 aromatic carbocycles. The van der Waals surface area contributed by atoms with Gasteiger partial charge in [-0.05, 0) is 24.6 Å². The number of aliphatic carboxylic acids is 1. The van der Waals surface area contributed by atoms with Crippen LogP contribution in [0.3, 0.4) is 0 Å². The molecule has 5 heteroatoms. The molecule has 0 bridgehead atoms. The van der Waals surface area contributed by atoms with Gasteiger partial charge in [-0.2, -0.15) is 0 Å². The van der Waals surface area contributed by atoms with Crippen molar-refractivity contribution in [3.8, 4) is 0 Å². The Balaban J connectivity index is 2.94. The van der Waals surface area contributed by atoms with E-state index in [4.69, 9.17) is 9.84 Å². The quantitative estimate of drug-likeness (QED) is 0.842. The molecule has 1 aromatic rings. The fourth-order valence-corrected chi connectivity index (χ4v) is 2.57. The minimum absolute atomic E-state index is 0.0596. The number of carboxylic acid groups (broad SMARTS) is 1. The third kappa shape index (κ3) is 3.15. The highest BCUT2D eigenvalue weighted by molar-refractivity contribution is 7.86. The standard InChI is InChI=1S/C11H14O4S/c1-8-4-3-5-9(6-8)16(14)10(7-15-2)11(12)13/h3-6,10H,7H2,1-2H3,(H,12,13). The lowest BCUT2D eigenvalue weighted by atomic mass is 10.2. The highest BCUT2D eigenvalue weighted by Crippen LogP contribution is 2.13. The van der Waals surface area contributed by atoms with E-state index in [-0.39, 0.29) is 6.61 Å². The van der Waals surface area contributed by atoms with Crippen LogP contribution in [0.15, 0.2) is 29.2 Å². The summed E-state index contributed by atoms with van der Waals surface area (Å²) in [6, 6.07) is 7.01. The van der Waals surface area contributed by atoms with Gasteiger partial charge in [-0.15, -0.1) is 0 Å². The first kappa shape index (κ1) is 12.9. The van der Waals surface area contributed by atoms with Gasteiger partial charge in [-0.1, -0.05) is 12.1 Å². The van der Waals surface area contributed by atoms with Crippen LogP contribution < -0.4 is 0 Å². The van der Waals surface area contributed by atoms with Crippen molar-refractivity contribution >= 4 is 16.8 Å². The van der Waals surface area contributed by atoms with Crippen LogP contribution in [0.5, 0.6) is 0 Å². The van der Waals surface area contributed by atoms with Gasteiger partial charge in [0.25, 0.3) is 0 Å². The lowest BCUT2D eigenvalue weighted by Gasteiger charge is -2.11. The fourth-order valence-electron chi connectivity index (χ4n) is 1.28. The van der Waals surface area contributed by atoms with E-state index in [1.54, 1.807) is 18.2 Å². The zero-order chi connectivity index (χ0) is 12.1. The number of aryl methyl sites for hydroxylation is 1. The molecule has 0 aliphatic carbocycles. The summed E-state index contributed by atoms with van der Waals surface area (Å²) in [6.45, 7) is 1.81. The molecule has 4 nitrogen and oxygen atoms in total. The van der Waals surface area contributed by atoms with Crippen molar-refractivity contribution in [2.24, 2.45) is 0 Å². The molecular weight excluding hydrogens is 228 g/mol. The van der Waals surface area contributed by atoms with Gasteiger partial charge in [0.1, 0.15) is 0 Å². The normalized spacial score (nSPS) is 14.4. The van der Waals surface area contributed by atoms with Gasteiger partial charge in [-0.25, -0.2) is 0 Å². The first-order valence-corrected chi connectivity index (χ1v) is 5.96. The van der Waals surface area contributed by atoms with Crippen molar-refractivity contribution in [1.29, 1.82) is 0 Å². The molecule has 88 valence electrons. The van der Waals surface area contributed by atoms with E-state index < -0.39 is 22.0 Å². The number of ether oxygens (including phenoxy) is 1. The second kappa shape index (κ2) is 5.77. The van der Waals surface area contributed by atoms with Crippen LogP contribution in [0, 0.1) is 6.92 Å². The highest BCUT2D eigenvalue weighted by Gasteiger charge is 2.25. The number of hydrogen-bond acceptors (Lipinski definition) is 3. The number of benzene rings is 1. The zero-order valence-corrected chi connectivity index (χ0v) is 9.99. The van der Waals surface area contributed by atoms with Crippen molar-refractivity contribution in [3.05, 3.63) is 29.8 Å². The molecule has 0 aliphatic rings. The number of methoxy groups -OCH3 is 1. The van der Waals surface area contributed by atoms with Gasteiger partial charge in [0.15, 0.2) is 5.25 Å². The van der Waals surface area contributed by atoms with E-state index in [2.05, 4.69) is 0 Å². The molecule has 16 heavy (non-hydrogen) atoms. The van der Waals surface area contributed by atoms with E-state index in [1.807, 2.05) is 13.0 Å². The molecule has 0 amide bonds. The molecule has 2 atom stereocenters. The van der Waals surface area contributed by atoms with Gasteiger partial charge in [0.05, 0.1) is 17.4 Å². The molecule has 0 fully saturated rings. The summed E-state index contributed by atoms with van der Waals surface area (Å²) in [6.07, 6.45) is 0. The average molecular weight is 242 g/mol. The van der Waals surface area contributed by atoms with Crippen LogP contribution in [-0.2, 0) is 20.3 Å². The van der Waals surface area contributed by atoms with Crippen molar-refractivity contribution < 1.29 is 18.8 Å². The maximum Gasteiger partial charge on any atom is 0.322 e. The Bertz CT molecular complexity index is 403. The number of hydrogen-bond donors (Lipinski definition) is 1. The van der Waals surface area contributed by atoms with Gasteiger partial charge in [0, 0.05) is 12.0 Å². The Morgan fingerprint density at radius 1 is 1.56 bits per heavy atom. The Hall–Kier alpha value is -1.20. The van der Waals surface area contributed by atoms with Crippen LogP contribution in [-0.4, -0.2) is 34.3 Å². The molecule has 2 unspecified atom stereocenters. The molecule has 0 aromatic heterocycles. The third-order valence-electron chi connectivity index (χ3n) is 2.07. The molecule has 0 saturated carbocycles. The Kier molecular flexibility index (Phi) is 4.64. The first-order chi connectivity index (χ1) is 7.56. The minimum Gasteiger partial charge on any atom is -0.480 e. The SMILES string of the molecule is COCC(C(=O)O)S(=O)c1cccc(C)c1. The monoisotopic (exact) mass is 242 g/mol. The summed E-state index contributed by atoms with van der Waals surface area (Å²) in [4.78, 5) is 11.4. The topological polar surface area (TPSA) is 63.6 Å². The predicted molar refractivity (Wildman–Crippen MR) is 60.9 cm³/mol. The Morgan fingerprint density at radius 2 is 2.25 bits per heavy atom. The van der Waals surface area contributed by atoms with Gasteiger partial charge in [-0.3, -0.25) is 9.00 Å². The summed E-state index contributed by atoms with van der Waals surface area (Å²) in [5, 5.41) is 7.91. The summed E-state index contributed by atoms with van der Waals surface area (Å²) in [7, 11) is -0.194. The lowest BCUT2D eigenvalue weighted by Crippen LogP contribution is -2.30. The summed E-state index contributed by atoms with van der Waals surface area (Å²) in [5.41, 5.74) is 0.951. The average Bonchev–Trinajstić information content (AvgIpc) is 2.24. The van der Waals surface area contributed by atoms with Gasteiger partial charge in [0.2, 0.25) is 0 Å². The third-order valence-corrected chi connectivity index (χ3v) is 3.65. The van der Waals surface area contributed by atoms with Crippen LogP contribution >= 0.6 is 0 Å². The van der Waals surface area contributed by atoms with E-state index >= 15 is 0 Å². The molecule has 0 heterocycles. The molecule has 1 rings (SSSR count). The fraction of sp³-hybridized carbons (Fsp3) is 0.364. The van der Waals surface area contributed by atoms with Crippen LogP contribution in [0.1, 0.15) is 5.56 Å². The molecule has 0 spiro atoms. The molecule has 0 radical (unpaired) electrons. The maximum atomic E-state index is 12.0. The summed E-state index contributed by atoms with van der Waals surface area (Å²) in [5.74, 6) is -1.11. The Labute approximate surface area is 96.7 Å².